The number of benzene rings is 4. The second-order valence-electron chi connectivity index (χ2n) is 7.37. The molecule has 0 saturated carbocycles. The molecule has 5 rings (SSSR count). The molecule has 0 fully saturated rings. The van der Waals surface area contributed by atoms with Crippen molar-refractivity contribution in [3.05, 3.63) is 114 Å². The van der Waals surface area contributed by atoms with Crippen molar-refractivity contribution >= 4 is 33.5 Å². The number of nitrogens with zero attached hydrogens (tertiary/aromatic N) is 1. The summed E-state index contributed by atoms with van der Waals surface area (Å²) in [5.74, 6) is -0.791. The van der Waals surface area contributed by atoms with Crippen LogP contribution in [-0.4, -0.2) is 16.8 Å². The fraction of sp³-hybridized carbons (Fsp3) is 0. The SMILES string of the molecule is O=C(NNC(=O)c1cc(-c2cccc3ccccc23)nc2ccccc12)c1ccccc1. The van der Waals surface area contributed by atoms with E-state index in [1.807, 2.05) is 72.8 Å². The van der Waals surface area contributed by atoms with Crippen molar-refractivity contribution in [2.24, 2.45) is 0 Å². The van der Waals surface area contributed by atoms with Gasteiger partial charge >= 0.3 is 0 Å². The molecule has 0 unspecified atom stereocenters. The first-order valence-corrected chi connectivity index (χ1v) is 10.2. The van der Waals surface area contributed by atoms with Gasteiger partial charge in [0.25, 0.3) is 11.8 Å². The molecule has 1 heterocycles. The summed E-state index contributed by atoms with van der Waals surface area (Å²) in [5.41, 5.74) is 8.27. The van der Waals surface area contributed by atoms with Gasteiger partial charge in [0.1, 0.15) is 0 Å². The maximum absolute atomic E-state index is 13.1. The number of hydrazine groups is 1. The number of amides is 2. The largest absolute Gasteiger partial charge is 0.270 e. The first-order valence-electron chi connectivity index (χ1n) is 10.2. The van der Waals surface area contributed by atoms with Crippen LogP contribution in [0.2, 0.25) is 0 Å². The molecular formula is C27H19N3O2. The Labute approximate surface area is 184 Å². The number of hydrogen-bond acceptors (Lipinski definition) is 3. The van der Waals surface area contributed by atoms with Crippen molar-refractivity contribution in [1.82, 2.24) is 15.8 Å². The molecule has 4 aromatic carbocycles. The van der Waals surface area contributed by atoms with E-state index in [-0.39, 0.29) is 5.91 Å². The summed E-state index contributed by atoms with van der Waals surface area (Å²) >= 11 is 0. The second kappa shape index (κ2) is 8.32. The predicted octanol–water partition coefficient (Wildman–Crippen LogP) is 5.13. The fourth-order valence-corrected chi connectivity index (χ4v) is 3.79. The lowest BCUT2D eigenvalue weighted by atomic mass is 9.99. The number of para-hydroxylation sites is 1. The first-order chi connectivity index (χ1) is 15.7. The van der Waals surface area contributed by atoms with Crippen LogP contribution in [0.25, 0.3) is 32.9 Å². The third-order valence-electron chi connectivity index (χ3n) is 5.35. The zero-order valence-electron chi connectivity index (χ0n) is 17.1. The van der Waals surface area contributed by atoms with Gasteiger partial charge in [-0.2, -0.15) is 0 Å². The number of pyridine rings is 1. The molecule has 2 amide bonds. The monoisotopic (exact) mass is 417 g/mol. The van der Waals surface area contributed by atoms with Gasteiger partial charge in [-0.1, -0.05) is 78.9 Å². The summed E-state index contributed by atoms with van der Waals surface area (Å²) in [6.45, 7) is 0. The smallest absolute Gasteiger partial charge is 0.267 e. The van der Waals surface area contributed by atoms with Gasteiger partial charge in [0.15, 0.2) is 0 Å². The quantitative estimate of drug-likeness (QED) is 0.400. The molecule has 0 aliphatic carbocycles. The van der Waals surface area contributed by atoms with E-state index in [9.17, 15) is 9.59 Å². The maximum atomic E-state index is 13.1. The molecule has 0 aliphatic rings. The molecule has 0 bridgehead atoms. The Bertz CT molecular complexity index is 1460. The van der Waals surface area contributed by atoms with Crippen LogP contribution in [0.5, 0.6) is 0 Å². The fourth-order valence-electron chi connectivity index (χ4n) is 3.79. The molecule has 32 heavy (non-hydrogen) atoms. The number of hydrogen-bond donors (Lipinski definition) is 2. The number of carbonyl (C=O) groups excluding carboxylic acids is 2. The number of aromatic nitrogens is 1. The summed E-state index contributed by atoms with van der Waals surface area (Å²) in [6.07, 6.45) is 0. The molecule has 5 heteroatoms. The lowest BCUT2D eigenvalue weighted by Crippen LogP contribution is -2.41. The summed E-state index contributed by atoms with van der Waals surface area (Å²) < 4.78 is 0. The maximum Gasteiger partial charge on any atom is 0.270 e. The molecule has 0 saturated heterocycles. The van der Waals surface area contributed by atoms with Gasteiger partial charge in [-0.25, -0.2) is 4.98 Å². The Hall–Kier alpha value is -4.51. The van der Waals surface area contributed by atoms with E-state index in [4.69, 9.17) is 4.98 Å². The van der Waals surface area contributed by atoms with Crippen LogP contribution in [0.15, 0.2) is 103 Å². The number of rotatable bonds is 3. The van der Waals surface area contributed by atoms with Crippen molar-refractivity contribution in [2.45, 2.75) is 0 Å². The van der Waals surface area contributed by atoms with Crippen LogP contribution < -0.4 is 10.9 Å². The van der Waals surface area contributed by atoms with E-state index in [2.05, 4.69) is 10.9 Å². The van der Waals surface area contributed by atoms with Crippen molar-refractivity contribution in [2.75, 3.05) is 0 Å². The van der Waals surface area contributed by atoms with E-state index in [1.54, 1.807) is 30.3 Å². The highest BCUT2D eigenvalue weighted by atomic mass is 16.2. The van der Waals surface area contributed by atoms with Crippen molar-refractivity contribution in [3.8, 4) is 11.3 Å². The zero-order valence-corrected chi connectivity index (χ0v) is 17.1. The highest BCUT2D eigenvalue weighted by Crippen LogP contribution is 2.30. The van der Waals surface area contributed by atoms with Crippen LogP contribution in [0.3, 0.4) is 0 Å². The summed E-state index contributed by atoms with van der Waals surface area (Å²) in [4.78, 5) is 30.2. The van der Waals surface area contributed by atoms with Gasteiger partial charge in [-0.15, -0.1) is 0 Å². The Morgan fingerprint density at radius 3 is 2.12 bits per heavy atom. The topological polar surface area (TPSA) is 71.1 Å². The minimum Gasteiger partial charge on any atom is -0.267 e. The van der Waals surface area contributed by atoms with Gasteiger partial charge < -0.3 is 0 Å². The normalized spacial score (nSPS) is 10.8. The third-order valence-corrected chi connectivity index (χ3v) is 5.35. The molecule has 0 aliphatic heterocycles. The van der Waals surface area contributed by atoms with Crippen LogP contribution >= 0.6 is 0 Å². The highest BCUT2D eigenvalue weighted by molar-refractivity contribution is 6.09. The van der Waals surface area contributed by atoms with Gasteiger partial charge in [0.2, 0.25) is 0 Å². The Kier molecular flexibility index (Phi) is 5.06. The summed E-state index contributed by atoms with van der Waals surface area (Å²) in [5, 5.41) is 2.87. The number of carbonyl (C=O) groups is 2. The third kappa shape index (κ3) is 3.68. The van der Waals surface area contributed by atoms with Crippen LogP contribution in [0.4, 0.5) is 0 Å². The molecule has 0 radical (unpaired) electrons. The highest BCUT2D eigenvalue weighted by Gasteiger charge is 2.16. The van der Waals surface area contributed by atoms with E-state index >= 15 is 0 Å². The van der Waals surface area contributed by atoms with Crippen LogP contribution in [-0.2, 0) is 0 Å². The van der Waals surface area contributed by atoms with E-state index in [0.717, 1.165) is 16.3 Å². The van der Waals surface area contributed by atoms with Gasteiger partial charge in [0.05, 0.1) is 16.8 Å². The van der Waals surface area contributed by atoms with Gasteiger partial charge in [0, 0.05) is 16.5 Å². The molecule has 154 valence electrons. The van der Waals surface area contributed by atoms with Crippen molar-refractivity contribution in [1.29, 1.82) is 0 Å². The second-order valence-corrected chi connectivity index (χ2v) is 7.37. The molecule has 0 atom stereocenters. The van der Waals surface area contributed by atoms with E-state index in [1.165, 1.54) is 0 Å². The van der Waals surface area contributed by atoms with Gasteiger partial charge in [-0.3, -0.25) is 20.4 Å². The molecule has 1 aromatic heterocycles. The molecule has 5 aromatic rings. The summed E-state index contributed by atoms with van der Waals surface area (Å²) in [6, 6.07) is 32.1. The summed E-state index contributed by atoms with van der Waals surface area (Å²) in [7, 11) is 0. The lowest BCUT2D eigenvalue weighted by Gasteiger charge is -2.12. The lowest BCUT2D eigenvalue weighted by molar-refractivity contribution is 0.0847. The molecular weight excluding hydrogens is 398 g/mol. The molecule has 2 N–H and O–H groups in total. The average molecular weight is 417 g/mol. The minimum absolute atomic E-state index is 0.383. The molecule has 5 nitrogen and oxygen atoms in total. The van der Waals surface area contributed by atoms with Gasteiger partial charge in [-0.05, 0) is 35.0 Å². The van der Waals surface area contributed by atoms with E-state index in [0.29, 0.717) is 27.7 Å². The van der Waals surface area contributed by atoms with E-state index < -0.39 is 5.91 Å². The average Bonchev–Trinajstić information content (AvgIpc) is 2.86. The minimum atomic E-state index is -0.408. The predicted molar refractivity (Wildman–Crippen MR) is 126 cm³/mol. The number of fused-ring (bicyclic) bond motifs is 2. The van der Waals surface area contributed by atoms with Crippen LogP contribution in [0, 0.1) is 0 Å². The van der Waals surface area contributed by atoms with Crippen LogP contribution in [0.1, 0.15) is 20.7 Å². The number of nitrogens with one attached hydrogen (secondary N) is 2. The standard InChI is InChI=1S/C27H19N3O2/c31-26(19-10-2-1-3-11-19)29-30-27(32)23-17-25(28-24-16-7-6-14-22(23)24)21-15-8-12-18-9-4-5-13-20(18)21/h1-17H,(H,29,31)(H,30,32). The zero-order chi connectivity index (χ0) is 21.9. The Morgan fingerprint density at radius 1 is 0.625 bits per heavy atom. The Balaban J connectivity index is 1.54. The Morgan fingerprint density at radius 2 is 1.28 bits per heavy atom. The van der Waals surface area contributed by atoms with Crippen molar-refractivity contribution < 1.29 is 9.59 Å². The first kappa shape index (κ1) is 19.5. The van der Waals surface area contributed by atoms with Crippen molar-refractivity contribution in [3.63, 3.8) is 0 Å². The molecule has 0 spiro atoms.